The first kappa shape index (κ1) is 32.6. The Bertz CT molecular complexity index is 1480. The number of carbonyl (C=O) groups is 5. The van der Waals surface area contributed by atoms with Crippen LogP contribution in [0.5, 0.6) is 0 Å². The number of ether oxygens (including phenoxy) is 4. The number of hydrogen-bond donors (Lipinski definition) is 1. The standard InChI is InChI=1S/C35H42O10/c1-18-25(39)16-24-30(43-21(4)37)35-19(2)26(45-28(40)15-14-23-12-10-9-11-13-23)17-27(42-20(3)36)33(35,8)29(41)31(44-22(5)38)34(18,35)32(24,6)7/h9-15,18,24,26-27,29-31,41H,2,16-17H2,1,3-8H3/b15-14+/t18-,24+,26+,27-,29+,30-,31+,33+,34-,35-/m1/s1. The van der Waals surface area contributed by atoms with Crippen LogP contribution >= 0.6 is 0 Å². The molecule has 242 valence electrons. The molecular weight excluding hydrogens is 580 g/mol. The van der Waals surface area contributed by atoms with Gasteiger partial charge in [-0.3, -0.25) is 19.2 Å². The number of ketones is 1. The lowest BCUT2D eigenvalue weighted by atomic mass is 9.42. The van der Waals surface area contributed by atoms with E-state index in [2.05, 4.69) is 6.58 Å². The van der Waals surface area contributed by atoms with Crippen molar-refractivity contribution in [3.05, 3.63) is 54.1 Å². The Labute approximate surface area is 263 Å². The van der Waals surface area contributed by atoms with Gasteiger partial charge in [-0.2, -0.15) is 0 Å². The van der Waals surface area contributed by atoms with Crippen molar-refractivity contribution in [2.75, 3.05) is 0 Å². The van der Waals surface area contributed by atoms with Crippen molar-refractivity contribution in [1.82, 2.24) is 0 Å². The highest BCUT2D eigenvalue weighted by Gasteiger charge is 2.93. The lowest BCUT2D eigenvalue weighted by Gasteiger charge is -2.62. The molecule has 10 nitrogen and oxygen atoms in total. The smallest absolute Gasteiger partial charge is 0.331 e. The maximum Gasteiger partial charge on any atom is 0.331 e. The molecule has 2 spiro atoms. The zero-order valence-electron chi connectivity index (χ0n) is 26.8. The molecule has 0 radical (unpaired) electrons. The lowest BCUT2D eigenvalue weighted by molar-refractivity contribution is -0.213. The highest BCUT2D eigenvalue weighted by molar-refractivity contribution is 5.88. The Balaban J connectivity index is 1.78. The minimum atomic E-state index is -1.54. The summed E-state index contributed by atoms with van der Waals surface area (Å²) < 4.78 is 24.2. The molecule has 0 saturated heterocycles. The summed E-state index contributed by atoms with van der Waals surface area (Å²) in [5.41, 5.74) is -4.26. The van der Waals surface area contributed by atoms with Crippen LogP contribution in [0.3, 0.4) is 0 Å². The Kier molecular flexibility index (Phi) is 7.92. The number of benzene rings is 1. The molecule has 45 heavy (non-hydrogen) atoms. The van der Waals surface area contributed by atoms with Crippen molar-refractivity contribution in [3.8, 4) is 0 Å². The van der Waals surface area contributed by atoms with E-state index in [1.165, 1.54) is 26.8 Å². The molecule has 2 bridgehead atoms. The molecule has 1 aromatic carbocycles. The van der Waals surface area contributed by atoms with Crippen LogP contribution in [0.15, 0.2) is 48.6 Å². The predicted molar refractivity (Wildman–Crippen MR) is 161 cm³/mol. The molecule has 4 aliphatic rings. The summed E-state index contributed by atoms with van der Waals surface area (Å²) in [5.74, 6) is -4.20. The fourth-order valence-corrected chi connectivity index (χ4v) is 10.2. The number of aliphatic hydroxyl groups excluding tert-OH is 1. The topological polar surface area (TPSA) is 142 Å². The second kappa shape index (κ2) is 10.9. The lowest BCUT2D eigenvalue weighted by Crippen LogP contribution is -2.67. The van der Waals surface area contributed by atoms with Crippen LogP contribution in [-0.2, 0) is 42.9 Å². The summed E-state index contributed by atoms with van der Waals surface area (Å²) in [6, 6.07) is 9.17. The van der Waals surface area contributed by atoms with Gasteiger partial charge < -0.3 is 24.1 Å². The van der Waals surface area contributed by atoms with E-state index in [-0.39, 0.29) is 18.6 Å². The number of esters is 4. The average Bonchev–Trinajstić information content (AvgIpc) is 3.19. The summed E-state index contributed by atoms with van der Waals surface area (Å²) in [6.07, 6.45) is -3.14. The van der Waals surface area contributed by atoms with Gasteiger partial charge in [0.05, 0.1) is 5.41 Å². The Morgan fingerprint density at radius 3 is 2.07 bits per heavy atom. The largest absolute Gasteiger partial charge is 0.462 e. The third-order valence-electron chi connectivity index (χ3n) is 11.6. The first-order valence-electron chi connectivity index (χ1n) is 15.3. The van der Waals surface area contributed by atoms with Crippen molar-refractivity contribution in [3.63, 3.8) is 0 Å². The molecule has 0 unspecified atom stereocenters. The number of hydrogen-bond acceptors (Lipinski definition) is 10. The fourth-order valence-electron chi connectivity index (χ4n) is 10.2. The van der Waals surface area contributed by atoms with Gasteiger partial charge in [-0.25, -0.2) is 4.79 Å². The number of carbonyl (C=O) groups excluding carboxylic acids is 5. The second-order valence-electron chi connectivity index (χ2n) is 13.7. The summed E-state index contributed by atoms with van der Waals surface area (Å²) in [6.45, 7) is 15.5. The van der Waals surface area contributed by atoms with E-state index < -0.39 is 87.9 Å². The molecule has 10 atom stereocenters. The van der Waals surface area contributed by atoms with Gasteiger partial charge in [0, 0.05) is 62.4 Å². The van der Waals surface area contributed by atoms with Gasteiger partial charge in [0.25, 0.3) is 0 Å². The van der Waals surface area contributed by atoms with Crippen molar-refractivity contribution in [2.24, 2.45) is 33.5 Å². The molecule has 4 aliphatic carbocycles. The first-order chi connectivity index (χ1) is 21.0. The van der Waals surface area contributed by atoms with Gasteiger partial charge in [-0.05, 0) is 22.6 Å². The fraction of sp³-hybridized carbons (Fsp3) is 0.571. The van der Waals surface area contributed by atoms with E-state index in [9.17, 15) is 29.1 Å². The maximum absolute atomic E-state index is 13.9. The molecule has 10 heteroatoms. The zero-order chi connectivity index (χ0) is 33.3. The average molecular weight is 623 g/mol. The highest BCUT2D eigenvalue weighted by atomic mass is 16.6. The van der Waals surface area contributed by atoms with Crippen LogP contribution < -0.4 is 0 Å². The van der Waals surface area contributed by atoms with Crippen LogP contribution in [0, 0.1) is 33.5 Å². The predicted octanol–water partition coefficient (Wildman–Crippen LogP) is 3.99. The highest BCUT2D eigenvalue weighted by Crippen LogP contribution is 2.86. The summed E-state index contributed by atoms with van der Waals surface area (Å²) >= 11 is 0. The monoisotopic (exact) mass is 622 g/mol. The Morgan fingerprint density at radius 2 is 1.49 bits per heavy atom. The van der Waals surface area contributed by atoms with Crippen LogP contribution in [-0.4, -0.2) is 65.3 Å². The van der Waals surface area contributed by atoms with Crippen molar-refractivity contribution < 1.29 is 48.0 Å². The molecule has 0 amide bonds. The molecule has 1 N–H and O–H groups in total. The third-order valence-corrected chi connectivity index (χ3v) is 11.6. The molecule has 4 saturated carbocycles. The number of Topliss-reactive ketones (excluding diaryl/α,β-unsaturated/α-hetero) is 1. The van der Waals surface area contributed by atoms with Crippen LogP contribution in [0.4, 0.5) is 0 Å². The van der Waals surface area contributed by atoms with E-state index in [1.807, 2.05) is 44.2 Å². The van der Waals surface area contributed by atoms with E-state index in [0.29, 0.717) is 5.57 Å². The van der Waals surface area contributed by atoms with E-state index in [1.54, 1.807) is 19.9 Å². The van der Waals surface area contributed by atoms with Crippen molar-refractivity contribution >= 4 is 35.7 Å². The molecule has 0 heterocycles. The minimum Gasteiger partial charge on any atom is -0.462 e. The van der Waals surface area contributed by atoms with E-state index in [4.69, 9.17) is 18.9 Å². The van der Waals surface area contributed by atoms with Crippen LogP contribution in [0.2, 0.25) is 0 Å². The summed E-state index contributed by atoms with van der Waals surface area (Å²) in [5, 5.41) is 12.4. The molecule has 5 rings (SSSR count). The van der Waals surface area contributed by atoms with Gasteiger partial charge in [0.1, 0.15) is 36.3 Å². The van der Waals surface area contributed by atoms with Crippen LogP contribution in [0.25, 0.3) is 6.08 Å². The van der Waals surface area contributed by atoms with E-state index >= 15 is 0 Å². The summed E-state index contributed by atoms with van der Waals surface area (Å²) in [7, 11) is 0. The Morgan fingerprint density at radius 1 is 0.911 bits per heavy atom. The number of aliphatic hydroxyl groups is 1. The summed E-state index contributed by atoms with van der Waals surface area (Å²) in [4.78, 5) is 65.4. The Hall–Kier alpha value is -3.79. The zero-order valence-corrected chi connectivity index (χ0v) is 26.8. The molecule has 1 aromatic rings. The second-order valence-corrected chi connectivity index (χ2v) is 13.7. The van der Waals surface area contributed by atoms with Gasteiger partial charge in [0.15, 0.2) is 0 Å². The first-order valence-corrected chi connectivity index (χ1v) is 15.3. The SMILES string of the molecule is C=C1[C@@H](OC(=O)/C=C/c2ccccc2)C[C@@H](OC(C)=O)[C@@]2(C)[C@@H](O)[C@H](OC(C)=O)[C@@]34[C@H](C)C(=O)C[C@@H]([C@@H](OC(C)=O)[C@]123)C4(C)C. The maximum atomic E-state index is 13.9. The van der Waals surface area contributed by atoms with Gasteiger partial charge in [0.2, 0.25) is 0 Å². The minimum absolute atomic E-state index is 0.0599. The third kappa shape index (κ3) is 4.20. The van der Waals surface area contributed by atoms with Gasteiger partial charge in [-0.1, -0.05) is 64.6 Å². The van der Waals surface area contributed by atoms with Gasteiger partial charge >= 0.3 is 23.9 Å². The molecule has 0 aliphatic heterocycles. The molecular formula is C35H42O10. The number of fused-ring (bicyclic) bond motifs is 1. The van der Waals surface area contributed by atoms with Gasteiger partial charge in [-0.15, -0.1) is 0 Å². The van der Waals surface area contributed by atoms with Crippen molar-refractivity contribution in [1.29, 1.82) is 0 Å². The normalized spacial score (nSPS) is 39.5. The number of rotatable bonds is 6. The van der Waals surface area contributed by atoms with E-state index in [0.717, 1.165) is 5.56 Å². The van der Waals surface area contributed by atoms with Crippen LogP contribution in [0.1, 0.15) is 66.9 Å². The molecule has 0 aromatic heterocycles. The molecule has 4 fully saturated rings. The van der Waals surface area contributed by atoms with Crippen molar-refractivity contribution in [2.45, 2.75) is 91.8 Å². The quantitative estimate of drug-likeness (QED) is 0.214.